The van der Waals surface area contributed by atoms with Crippen molar-refractivity contribution >= 4 is 11.9 Å². The summed E-state index contributed by atoms with van der Waals surface area (Å²) in [6.45, 7) is 2.25. The number of esters is 1. The summed E-state index contributed by atoms with van der Waals surface area (Å²) in [7, 11) is 0. The third kappa shape index (κ3) is 4.08. The van der Waals surface area contributed by atoms with Crippen molar-refractivity contribution in [1.29, 1.82) is 0 Å². The van der Waals surface area contributed by atoms with E-state index in [9.17, 15) is 9.59 Å². The van der Waals surface area contributed by atoms with Crippen LogP contribution >= 0.6 is 0 Å². The Morgan fingerprint density at radius 3 is 2.94 bits per heavy atom. The normalized spacial score (nSPS) is 9.56. The lowest BCUT2D eigenvalue weighted by molar-refractivity contribution is -0.154. The van der Waals surface area contributed by atoms with Crippen molar-refractivity contribution in [2.45, 2.75) is 13.3 Å². The van der Waals surface area contributed by atoms with Crippen molar-refractivity contribution < 1.29 is 14.3 Å². The van der Waals surface area contributed by atoms with Gasteiger partial charge < -0.3 is 10.1 Å². The fourth-order valence-electron chi connectivity index (χ4n) is 1.14. The second-order valence-corrected chi connectivity index (χ2v) is 3.09. The monoisotopic (exact) mass is 222 g/mol. The van der Waals surface area contributed by atoms with Gasteiger partial charge in [-0.15, -0.1) is 0 Å². The quantitative estimate of drug-likeness (QED) is 0.587. The summed E-state index contributed by atoms with van der Waals surface area (Å²) in [5.74, 6) is -1.54. The Labute approximate surface area is 93.8 Å². The molecule has 0 atom stereocenters. The summed E-state index contributed by atoms with van der Waals surface area (Å²) < 4.78 is 4.54. The number of hydrogen-bond donors (Lipinski definition) is 1. The molecular formula is C11H14N2O3. The highest BCUT2D eigenvalue weighted by atomic mass is 16.5. The van der Waals surface area contributed by atoms with Crippen LogP contribution in [0.5, 0.6) is 0 Å². The molecule has 0 aliphatic carbocycles. The van der Waals surface area contributed by atoms with E-state index >= 15 is 0 Å². The number of carbonyl (C=O) groups excluding carboxylic acids is 2. The Hall–Kier alpha value is -1.91. The summed E-state index contributed by atoms with van der Waals surface area (Å²) in [6, 6.07) is 3.73. The van der Waals surface area contributed by atoms with Crippen LogP contribution in [0.3, 0.4) is 0 Å². The minimum absolute atomic E-state index is 0.203. The molecule has 86 valence electrons. The number of aromatic nitrogens is 1. The summed E-state index contributed by atoms with van der Waals surface area (Å²) in [5.41, 5.74) is 1.01. The fraction of sp³-hybridized carbons (Fsp3) is 0.364. The van der Waals surface area contributed by atoms with Crippen LogP contribution in [0.2, 0.25) is 0 Å². The minimum Gasteiger partial charge on any atom is -0.459 e. The van der Waals surface area contributed by atoms with Crippen molar-refractivity contribution in [2.24, 2.45) is 0 Å². The van der Waals surface area contributed by atoms with Crippen LogP contribution in [0.1, 0.15) is 12.5 Å². The van der Waals surface area contributed by atoms with Gasteiger partial charge in [-0.25, -0.2) is 4.79 Å². The predicted molar refractivity (Wildman–Crippen MR) is 57.6 cm³/mol. The molecule has 0 radical (unpaired) electrons. The van der Waals surface area contributed by atoms with Gasteiger partial charge in [-0.2, -0.15) is 0 Å². The van der Waals surface area contributed by atoms with Crippen molar-refractivity contribution in [1.82, 2.24) is 10.3 Å². The van der Waals surface area contributed by atoms with Crippen LogP contribution in [0, 0.1) is 0 Å². The molecule has 0 aromatic carbocycles. The predicted octanol–water partition coefficient (Wildman–Crippen LogP) is 0.303. The standard InChI is InChI=1S/C11H14N2O3/c1-2-16-11(15)10(14)13-7-5-9-4-3-6-12-8-9/h3-4,6,8H,2,5,7H2,1H3,(H,13,14). The Balaban J connectivity index is 2.26. The maximum Gasteiger partial charge on any atom is 0.396 e. The maximum atomic E-state index is 11.1. The molecule has 1 N–H and O–H groups in total. The van der Waals surface area contributed by atoms with Crippen LogP contribution in [0.15, 0.2) is 24.5 Å². The summed E-state index contributed by atoms with van der Waals surface area (Å²) in [4.78, 5) is 26.0. The molecule has 1 aromatic heterocycles. The molecular weight excluding hydrogens is 208 g/mol. The summed E-state index contributed by atoms with van der Waals surface area (Å²) >= 11 is 0. The first-order valence-corrected chi connectivity index (χ1v) is 5.08. The van der Waals surface area contributed by atoms with Crippen molar-refractivity contribution in [3.63, 3.8) is 0 Å². The molecule has 1 amide bonds. The Morgan fingerprint density at radius 2 is 2.31 bits per heavy atom. The molecule has 0 bridgehead atoms. The van der Waals surface area contributed by atoms with E-state index in [-0.39, 0.29) is 6.61 Å². The second kappa shape index (κ2) is 6.55. The highest BCUT2D eigenvalue weighted by Crippen LogP contribution is 1.95. The SMILES string of the molecule is CCOC(=O)C(=O)NCCc1cccnc1. The number of nitrogens with one attached hydrogen (secondary N) is 1. The second-order valence-electron chi connectivity index (χ2n) is 3.09. The van der Waals surface area contributed by atoms with Gasteiger partial charge in [0.15, 0.2) is 0 Å². The van der Waals surface area contributed by atoms with Crippen LogP contribution in [0.25, 0.3) is 0 Å². The van der Waals surface area contributed by atoms with Crippen molar-refractivity contribution in [3.05, 3.63) is 30.1 Å². The molecule has 0 fully saturated rings. The van der Waals surface area contributed by atoms with Crippen LogP contribution < -0.4 is 5.32 Å². The molecule has 5 nitrogen and oxygen atoms in total. The van der Waals surface area contributed by atoms with E-state index in [0.29, 0.717) is 13.0 Å². The van der Waals surface area contributed by atoms with Gasteiger partial charge in [0.05, 0.1) is 6.61 Å². The van der Waals surface area contributed by atoms with Gasteiger partial charge >= 0.3 is 11.9 Å². The largest absolute Gasteiger partial charge is 0.459 e. The lowest BCUT2D eigenvalue weighted by Gasteiger charge is -2.04. The zero-order chi connectivity index (χ0) is 11.8. The Kier molecular flexibility index (Phi) is 4.98. The highest BCUT2D eigenvalue weighted by molar-refractivity contribution is 6.32. The molecule has 0 saturated carbocycles. The number of amides is 1. The van der Waals surface area contributed by atoms with E-state index in [1.54, 1.807) is 19.3 Å². The zero-order valence-electron chi connectivity index (χ0n) is 9.10. The number of carbonyl (C=O) groups is 2. The van der Waals surface area contributed by atoms with Crippen molar-refractivity contribution in [3.8, 4) is 0 Å². The van der Waals surface area contributed by atoms with Gasteiger partial charge in [0.25, 0.3) is 0 Å². The van der Waals surface area contributed by atoms with E-state index in [2.05, 4.69) is 15.0 Å². The van der Waals surface area contributed by atoms with Crippen molar-refractivity contribution in [2.75, 3.05) is 13.2 Å². The molecule has 16 heavy (non-hydrogen) atoms. The molecule has 0 aliphatic heterocycles. The van der Waals surface area contributed by atoms with Gasteiger partial charge in [0.2, 0.25) is 0 Å². The smallest absolute Gasteiger partial charge is 0.396 e. The maximum absolute atomic E-state index is 11.1. The number of ether oxygens (including phenoxy) is 1. The van der Waals surface area contributed by atoms with Gasteiger partial charge in [-0.05, 0) is 25.0 Å². The molecule has 5 heteroatoms. The lowest BCUT2D eigenvalue weighted by atomic mass is 10.2. The minimum atomic E-state index is -0.839. The van der Waals surface area contributed by atoms with Gasteiger partial charge in [-0.1, -0.05) is 6.07 Å². The molecule has 0 spiro atoms. The third-order valence-corrected chi connectivity index (χ3v) is 1.88. The topological polar surface area (TPSA) is 68.3 Å². The number of nitrogens with zero attached hydrogens (tertiary/aromatic N) is 1. The van der Waals surface area contributed by atoms with Crippen LogP contribution in [0.4, 0.5) is 0 Å². The van der Waals surface area contributed by atoms with E-state index in [1.165, 1.54) is 0 Å². The first-order chi connectivity index (χ1) is 7.74. The average molecular weight is 222 g/mol. The number of rotatable bonds is 4. The van der Waals surface area contributed by atoms with Crippen LogP contribution in [-0.2, 0) is 20.7 Å². The van der Waals surface area contributed by atoms with Gasteiger partial charge in [-0.3, -0.25) is 9.78 Å². The molecule has 1 heterocycles. The summed E-state index contributed by atoms with van der Waals surface area (Å²) in [5, 5.41) is 2.47. The van der Waals surface area contributed by atoms with E-state index in [1.807, 2.05) is 12.1 Å². The highest BCUT2D eigenvalue weighted by Gasteiger charge is 2.13. The zero-order valence-corrected chi connectivity index (χ0v) is 9.10. The van der Waals surface area contributed by atoms with Crippen LogP contribution in [-0.4, -0.2) is 30.0 Å². The Morgan fingerprint density at radius 1 is 1.50 bits per heavy atom. The van der Waals surface area contributed by atoms with Gasteiger partial charge in [0.1, 0.15) is 0 Å². The van der Waals surface area contributed by atoms with E-state index in [0.717, 1.165) is 5.56 Å². The summed E-state index contributed by atoms with van der Waals surface area (Å²) in [6.07, 6.45) is 4.04. The molecule has 1 aromatic rings. The molecule has 0 saturated heterocycles. The first-order valence-electron chi connectivity index (χ1n) is 5.08. The number of pyridine rings is 1. The fourth-order valence-corrected chi connectivity index (χ4v) is 1.14. The molecule has 0 aliphatic rings. The Bertz CT molecular complexity index is 352. The van der Waals surface area contributed by atoms with Gasteiger partial charge in [0, 0.05) is 18.9 Å². The molecule has 1 rings (SSSR count). The lowest BCUT2D eigenvalue weighted by Crippen LogP contribution is -2.33. The first kappa shape index (κ1) is 12.2. The average Bonchev–Trinajstić information content (AvgIpc) is 2.30. The number of hydrogen-bond acceptors (Lipinski definition) is 4. The van der Waals surface area contributed by atoms with E-state index in [4.69, 9.17) is 0 Å². The third-order valence-electron chi connectivity index (χ3n) is 1.88. The van der Waals surface area contributed by atoms with E-state index < -0.39 is 11.9 Å². The molecule has 0 unspecified atom stereocenters.